The minimum absolute atomic E-state index is 0.125. The summed E-state index contributed by atoms with van der Waals surface area (Å²) in [6.07, 6.45) is 1.38. The summed E-state index contributed by atoms with van der Waals surface area (Å²) >= 11 is 0. The van der Waals surface area contributed by atoms with Gasteiger partial charge in [0.1, 0.15) is 0 Å². The van der Waals surface area contributed by atoms with Crippen LogP contribution in [-0.2, 0) is 9.47 Å². The molecule has 0 saturated carbocycles. The number of ether oxygens (including phenoxy) is 2. The summed E-state index contributed by atoms with van der Waals surface area (Å²) in [5, 5.41) is 12.6. The van der Waals surface area contributed by atoms with Crippen molar-refractivity contribution in [2.24, 2.45) is 10.5 Å². The predicted octanol–water partition coefficient (Wildman–Crippen LogP) is 3.69. The van der Waals surface area contributed by atoms with Gasteiger partial charge >= 0.3 is 0 Å². The van der Waals surface area contributed by atoms with Crippen LogP contribution >= 0.6 is 0 Å². The molecule has 0 aliphatic rings. The molecule has 6 nitrogen and oxygen atoms in total. The van der Waals surface area contributed by atoms with Crippen LogP contribution in [0, 0.1) is 5.41 Å². The monoisotopic (exact) mass is 301 g/mol. The van der Waals surface area contributed by atoms with Gasteiger partial charge in [-0.25, -0.2) is 0 Å². The largest absolute Gasteiger partial charge is 0.396 e. The van der Waals surface area contributed by atoms with Gasteiger partial charge in [0.2, 0.25) is 0 Å². The molecule has 0 spiro atoms. The molecule has 0 rings (SSSR count). The van der Waals surface area contributed by atoms with Gasteiger partial charge in [-0.3, -0.25) is 0 Å². The maximum atomic E-state index is 8.97. The van der Waals surface area contributed by atoms with Gasteiger partial charge in [-0.15, -0.1) is 0 Å². The van der Waals surface area contributed by atoms with Gasteiger partial charge in [-0.2, -0.15) is 0 Å². The van der Waals surface area contributed by atoms with Crippen LogP contribution in [0.15, 0.2) is 5.11 Å². The van der Waals surface area contributed by atoms with Gasteiger partial charge in [-0.05, 0) is 51.5 Å². The molecule has 21 heavy (non-hydrogen) atoms. The second kappa shape index (κ2) is 8.59. The molecule has 0 bridgehead atoms. The summed E-state index contributed by atoms with van der Waals surface area (Å²) in [5.74, 6) is 0. The van der Waals surface area contributed by atoms with Crippen molar-refractivity contribution >= 4 is 0 Å². The van der Waals surface area contributed by atoms with Crippen molar-refractivity contribution in [1.82, 2.24) is 0 Å². The lowest BCUT2D eigenvalue weighted by Gasteiger charge is -2.32. The van der Waals surface area contributed by atoms with E-state index in [1.165, 1.54) is 0 Å². The van der Waals surface area contributed by atoms with E-state index in [1.54, 1.807) is 0 Å². The third-order valence-corrected chi connectivity index (χ3v) is 3.33. The number of nitrogens with zero attached hydrogens (tertiary/aromatic N) is 3. The zero-order chi connectivity index (χ0) is 16.6. The molecule has 0 unspecified atom stereocenters. The summed E-state index contributed by atoms with van der Waals surface area (Å²) in [7, 11) is 0. The van der Waals surface area contributed by atoms with E-state index in [0.29, 0.717) is 26.2 Å². The highest BCUT2D eigenvalue weighted by Crippen LogP contribution is 2.23. The Bertz CT molecular complexity index is 348. The molecule has 0 heterocycles. The molecule has 0 fully saturated rings. The third-order valence-electron chi connectivity index (χ3n) is 3.33. The summed E-state index contributed by atoms with van der Waals surface area (Å²) in [6.45, 7) is 13.7. The lowest BCUT2D eigenvalue weighted by atomic mass is 9.94. The number of aliphatic hydroxyl groups is 1. The Kier molecular flexibility index (Phi) is 8.26. The van der Waals surface area contributed by atoms with Crippen molar-refractivity contribution in [3.05, 3.63) is 10.4 Å². The summed E-state index contributed by atoms with van der Waals surface area (Å²) in [4.78, 5) is 2.79. The molecule has 0 amide bonds. The average molecular weight is 301 g/mol. The van der Waals surface area contributed by atoms with E-state index in [1.807, 2.05) is 41.5 Å². The third kappa shape index (κ3) is 10.5. The molecule has 0 saturated heterocycles. The van der Waals surface area contributed by atoms with Gasteiger partial charge in [-0.1, -0.05) is 19.0 Å². The first-order chi connectivity index (χ1) is 9.54. The Balaban J connectivity index is 4.17. The number of hydrogen-bond acceptors (Lipinski definition) is 4. The van der Waals surface area contributed by atoms with E-state index in [9.17, 15) is 0 Å². The SMILES string of the molecule is CC(C)(CN=[N+]=[N-])COC(C)(C)CCOC(C)(C)CCO. The Morgan fingerprint density at radius 2 is 1.57 bits per heavy atom. The standard InChI is InChI=1S/C15H31N3O3/c1-13(2,11-17-18-16)12-21-15(5,6)8-10-20-14(3,4)7-9-19/h19H,7-12H2,1-6H3. The van der Waals surface area contributed by atoms with E-state index in [-0.39, 0.29) is 23.2 Å². The molecule has 1 N–H and O–H groups in total. The van der Waals surface area contributed by atoms with E-state index in [0.717, 1.165) is 6.42 Å². The van der Waals surface area contributed by atoms with Crippen molar-refractivity contribution in [3.63, 3.8) is 0 Å². The summed E-state index contributed by atoms with van der Waals surface area (Å²) < 4.78 is 11.7. The molecule has 0 aromatic carbocycles. The maximum absolute atomic E-state index is 8.97. The van der Waals surface area contributed by atoms with Gasteiger partial charge in [0.25, 0.3) is 0 Å². The van der Waals surface area contributed by atoms with Gasteiger partial charge < -0.3 is 14.6 Å². The second-order valence-corrected chi connectivity index (χ2v) is 7.43. The molecule has 0 aromatic heterocycles. The molecular formula is C15H31N3O3. The van der Waals surface area contributed by atoms with Crippen molar-refractivity contribution in [2.45, 2.75) is 65.6 Å². The number of aliphatic hydroxyl groups excluding tert-OH is 1. The topological polar surface area (TPSA) is 87.5 Å². The predicted molar refractivity (Wildman–Crippen MR) is 84.2 cm³/mol. The summed E-state index contributed by atoms with van der Waals surface area (Å²) in [6, 6.07) is 0. The van der Waals surface area contributed by atoms with Crippen LogP contribution in [-0.4, -0.2) is 42.7 Å². The fourth-order valence-electron chi connectivity index (χ4n) is 1.65. The lowest BCUT2D eigenvalue weighted by molar-refractivity contribution is -0.0920. The van der Waals surface area contributed by atoms with Crippen LogP contribution in [0.3, 0.4) is 0 Å². The number of rotatable bonds is 11. The number of azide groups is 1. The first kappa shape index (κ1) is 20.2. The van der Waals surface area contributed by atoms with Crippen molar-refractivity contribution in [2.75, 3.05) is 26.4 Å². The van der Waals surface area contributed by atoms with Crippen molar-refractivity contribution in [3.8, 4) is 0 Å². The minimum Gasteiger partial charge on any atom is -0.396 e. The van der Waals surface area contributed by atoms with Crippen molar-refractivity contribution < 1.29 is 14.6 Å². The minimum atomic E-state index is -0.314. The summed E-state index contributed by atoms with van der Waals surface area (Å²) in [5.41, 5.74) is 7.58. The van der Waals surface area contributed by atoms with E-state index in [4.69, 9.17) is 20.1 Å². The van der Waals surface area contributed by atoms with Gasteiger partial charge in [0.05, 0.1) is 24.4 Å². The van der Waals surface area contributed by atoms with Crippen LogP contribution in [0.4, 0.5) is 0 Å². The molecule has 0 atom stereocenters. The zero-order valence-corrected chi connectivity index (χ0v) is 14.3. The van der Waals surface area contributed by atoms with E-state index in [2.05, 4.69) is 10.0 Å². The zero-order valence-electron chi connectivity index (χ0n) is 14.3. The lowest BCUT2D eigenvalue weighted by Crippen LogP contribution is -2.35. The molecule has 124 valence electrons. The molecule has 0 aromatic rings. The average Bonchev–Trinajstić information content (AvgIpc) is 2.34. The van der Waals surface area contributed by atoms with E-state index >= 15 is 0 Å². The fourth-order valence-corrected chi connectivity index (χ4v) is 1.65. The first-order valence-corrected chi connectivity index (χ1v) is 7.43. The van der Waals surface area contributed by atoms with Crippen LogP contribution in [0.1, 0.15) is 54.4 Å². The first-order valence-electron chi connectivity index (χ1n) is 7.43. The highest BCUT2D eigenvalue weighted by molar-refractivity contribution is 4.76. The molecule has 0 aliphatic heterocycles. The normalized spacial score (nSPS) is 13.1. The second-order valence-electron chi connectivity index (χ2n) is 7.43. The Morgan fingerprint density at radius 3 is 2.10 bits per heavy atom. The van der Waals surface area contributed by atoms with E-state index < -0.39 is 0 Å². The van der Waals surface area contributed by atoms with Crippen molar-refractivity contribution in [1.29, 1.82) is 0 Å². The molecule has 0 radical (unpaired) electrons. The van der Waals surface area contributed by atoms with Gasteiger partial charge in [0, 0.05) is 18.1 Å². The number of hydrogen-bond donors (Lipinski definition) is 1. The fraction of sp³-hybridized carbons (Fsp3) is 1.00. The highest BCUT2D eigenvalue weighted by Gasteiger charge is 2.26. The Labute approximate surface area is 128 Å². The Morgan fingerprint density at radius 1 is 1.00 bits per heavy atom. The molecule has 6 heteroatoms. The highest BCUT2D eigenvalue weighted by atomic mass is 16.5. The van der Waals surface area contributed by atoms with Gasteiger partial charge in [0.15, 0.2) is 0 Å². The smallest absolute Gasteiger partial charge is 0.0648 e. The molecular weight excluding hydrogens is 270 g/mol. The maximum Gasteiger partial charge on any atom is 0.0648 e. The van der Waals surface area contributed by atoms with Crippen LogP contribution < -0.4 is 0 Å². The quantitative estimate of drug-likeness (QED) is 0.358. The molecule has 0 aliphatic carbocycles. The van der Waals surface area contributed by atoms with Crippen LogP contribution in [0.2, 0.25) is 0 Å². The van der Waals surface area contributed by atoms with Crippen LogP contribution in [0.25, 0.3) is 10.4 Å². The van der Waals surface area contributed by atoms with Crippen LogP contribution in [0.5, 0.6) is 0 Å². The Hall–Kier alpha value is -0.810.